The van der Waals surface area contributed by atoms with Gasteiger partial charge in [-0.2, -0.15) is 0 Å². The van der Waals surface area contributed by atoms with Crippen molar-refractivity contribution in [2.45, 2.75) is 0 Å². The minimum Gasteiger partial charge on any atom is -0.367 e. The van der Waals surface area contributed by atoms with Crippen molar-refractivity contribution in [2.24, 2.45) is 0 Å². The van der Waals surface area contributed by atoms with Crippen LogP contribution in [0, 0.1) is 5.82 Å². The molecule has 72 valence electrons. The van der Waals surface area contributed by atoms with Crippen LogP contribution >= 0.6 is 11.6 Å². The summed E-state index contributed by atoms with van der Waals surface area (Å²) < 4.78 is 17.6. The van der Waals surface area contributed by atoms with Crippen molar-refractivity contribution >= 4 is 17.5 Å². The van der Waals surface area contributed by atoms with Gasteiger partial charge in [-0.05, 0) is 18.2 Å². The van der Waals surface area contributed by atoms with Gasteiger partial charge in [0, 0.05) is 10.6 Å². The molecule has 0 atom stereocenters. The van der Waals surface area contributed by atoms with Crippen molar-refractivity contribution in [1.82, 2.24) is 5.16 Å². The average Bonchev–Trinajstić information content (AvgIpc) is 2.56. The van der Waals surface area contributed by atoms with Gasteiger partial charge in [0.25, 0.3) is 0 Å². The van der Waals surface area contributed by atoms with Crippen LogP contribution in [0.15, 0.2) is 28.9 Å². The summed E-state index contributed by atoms with van der Waals surface area (Å²) in [6, 6.07) is 4.01. The van der Waals surface area contributed by atoms with E-state index < -0.39 is 0 Å². The quantitative estimate of drug-likeness (QED) is 0.791. The molecule has 0 bridgehead atoms. The number of nitrogens with two attached hydrogens (primary N) is 1. The van der Waals surface area contributed by atoms with Gasteiger partial charge in [0.05, 0.1) is 11.8 Å². The number of nitrogen functional groups attached to an aromatic ring is 1. The Hall–Kier alpha value is -1.55. The molecule has 14 heavy (non-hydrogen) atoms. The smallest absolute Gasteiger partial charge is 0.230 e. The van der Waals surface area contributed by atoms with Gasteiger partial charge in [-0.15, -0.1) is 0 Å². The SMILES string of the molecule is Nc1oncc1-c1cc(F)ccc1Cl. The number of halogens is 2. The van der Waals surface area contributed by atoms with E-state index in [-0.39, 0.29) is 11.7 Å². The molecule has 1 aromatic carbocycles. The van der Waals surface area contributed by atoms with Crippen LogP contribution < -0.4 is 5.73 Å². The maximum absolute atomic E-state index is 12.9. The van der Waals surface area contributed by atoms with Crippen LogP contribution in [0.2, 0.25) is 5.02 Å². The highest BCUT2D eigenvalue weighted by Crippen LogP contribution is 2.32. The van der Waals surface area contributed by atoms with Gasteiger partial charge < -0.3 is 10.3 Å². The molecule has 2 rings (SSSR count). The average molecular weight is 213 g/mol. The normalized spacial score (nSPS) is 10.4. The Kier molecular flexibility index (Phi) is 2.13. The molecule has 1 heterocycles. The number of benzene rings is 1. The highest BCUT2D eigenvalue weighted by Gasteiger charge is 2.11. The number of hydrogen-bond acceptors (Lipinski definition) is 3. The number of aromatic nitrogens is 1. The largest absolute Gasteiger partial charge is 0.367 e. The zero-order valence-electron chi connectivity index (χ0n) is 7.00. The monoisotopic (exact) mass is 212 g/mol. The van der Waals surface area contributed by atoms with E-state index in [1.54, 1.807) is 0 Å². The molecule has 0 aliphatic heterocycles. The van der Waals surface area contributed by atoms with E-state index in [1.807, 2.05) is 0 Å². The summed E-state index contributed by atoms with van der Waals surface area (Å²) in [7, 11) is 0. The van der Waals surface area contributed by atoms with Gasteiger partial charge in [0.1, 0.15) is 5.82 Å². The fraction of sp³-hybridized carbons (Fsp3) is 0. The van der Waals surface area contributed by atoms with Crippen LogP contribution in [-0.2, 0) is 0 Å². The van der Waals surface area contributed by atoms with E-state index >= 15 is 0 Å². The van der Waals surface area contributed by atoms with Crippen molar-refractivity contribution in [2.75, 3.05) is 5.73 Å². The molecular formula is C9H6ClFN2O. The zero-order valence-corrected chi connectivity index (χ0v) is 7.75. The molecule has 5 heteroatoms. The summed E-state index contributed by atoms with van der Waals surface area (Å²) in [6.45, 7) is 0. The van der Waals surface area contributed by atoms with Gasteiger partial charge in [0.2, 0.25) is 5.88 Å². The third-order valence-electron chi connectivity index (χ3n) is 1.82. The standard InChI is InChI=1S/C9H6ClFN2O/c10-8-2-1-5(11)3-6(8)7-4-13-14-9(7)12/h1-4H,12H2. The second-order valence-electron chi connectivity index (χ2n) is 2.73. The number of rotatable bonds is 1. The van der Waals surface area contributed by atoms with E-state index in [0.717, 1.165) is 0 Å². The first-order valence-corrected chi connectivity index (χ1v) is 4.22. The molecule has 1 aromatic heterocycles. The Labute approximate surface area is 84.3 Å². The maximum Gasteiger partial charge on any atom is 0.230 e. The van der Waals surface area contributed by atoms with Gasteiger partial charge in [0.15, 0.2) is 0 Å². The number of hydrogen-bond donors (Lipinski definition) is 1. The third kappa shape index (κ3) is 1.44. The minimum absolute atomic E-state index is 0.123. The molecule has 0 saturated carbocycles. The van der Waals surface area contributed by atoms with Gasteiger partial charge in [-0.1, -0.05) is 16.8 Å². The van der Waals surface area contributed by atoms with E-state index in [4.69, 9.17) is 17.3 Å². The Balaban J connectivity index is 2.62. The summed E-state index contributed by atoms with van der Waals surface area (Å²) in [5.41, 5.74) is 6.45. The summed E-state index contributed by atoms with van der Waals surface area (Å²) in [5, 5.41) is 3.89. The summed E-state index contributed by atoms with van der Waals surface area (Å²) >= 11 is 5.87. The second kappa shape index (κ2) is 3.31. The first-order valence-electron chi connectivity index (χ1n) is 3.84. The zero-order chi connectivity index (χ0) is 10.1. The fourth-order valence-corrected chi connectivity index (χ4v) is 1.37. The second-order valence-corrected chi connectivity index (χ2v) is 3.14. The molecule has 0 aliphatic carbocycles. The summed E-state index contributed by atoms with van der Waals surface area (Å²) in [5.74, 6) is -0.262. The molecule has 2 aromatic rings. The van der Waals surface area contributed by atoms with E-state index in [2.05, 4.69) is 9.68 Å². The maximum atomic E-state index is 12.9. The number of nitrogens with zero attached hydrogens (tertiary/aromatic N) is 1. The lowest BCUT2D eigenvalue weighted by molar-refractivity contribution is 0.436. The Bertz CT molecular complexity index is 470. The fourth-order valence-electron chi connectivity index (χ4n) is 1.15. The molecule has 2 N–H and O–H groups in total. The highest BCUT2D eigenvalue weighted by atomic mass is 35.5. The Morgan fingerprint density at radius 2 is 2.14 bits per heavy atom. The lowest BCUT2D eigenvalue weighted by Crippen LogP contribution is -1.86. The van der Waals surface area contributed by atoms with Crippen molar-refractivity contribution < 1.29 is 8.91 Å². The van der Waals surface area contributed by atoms with E-state index in [9.17, 15) is 4.39 Å². The molecular weight excluding hydrogens is 207 g/mol. The van der Waals surface area contributed by atoms with E-state index in [0.29, 0.717) is 16.1 Å². The van der Waals surface area contributed by atoms with Crippen molar-refractivity contribution in [3.63, 3.8) is 0 Å². The first kappa shape index (κ1) is 9.02. The number of anilines is 1. The Morgan fingerprint density at radius 1 is 1.36 bits per heavy atom. The first-order chi connectivity index (χ1) is 6.68. The van der Waals surface area contributed by atoms with Crippen LogP contribution in [0.3, 0.4) is 0 Å². The third-order valence-corrected chi connectivity index (χ3v) is 2.15. The summed E-state index contributed by atoms with van der Waals surface area (Å²) in [4.78, 5) is 0. The predicted molar refractivity (Wildman–Crippen MR) is 51.3 cm³/mol. The van der Waals surface area contributed by atoms with Crippen LogP contribution in [0.4, 0.5) is 10.3 Å². The highest BCUT2D eigenvalue weighted by molar-refractivity contribution is 6.33. The van der Waals surface area contributed by atoms with Crippen LogP contribution in [-0.4, -0.2) is 5.16 Å². The lowest BCUT2D eigenvalue weighted by atomic mass is 10.1. The molecule has 0 unspecified atom stereocenters. The lowest BCUT2D eigenvalue weighted by Gasteiger charge is -2.00. The molecule has 0 saturated heterocycles. The van der Waals surface area contributed by atoms with Gasteiger partial charge in [-0.3, -0.25) is 0 Å². The topological polar surface area (TPSA) is 52.0 Å². The molecule has 0 fully saturated rings. The molecule has 0 spiro atoms. The molecule has 3 nitrogen and oxygen atoms in total. The van der Waals surface area contributed by atoms with Crippen LogP contribution in [0.25, 0.3) is 11.1 Å². The van der Waals surface area contributed by atoms with Crippen molar-refractivity contribution in [3.8, 4) is 11.1 Å². The molecule has 0 radical (unpaired) electrons. The molecule has 0 aliphatic rings. The van der Waals surface area contributed by atoms with Gasteiger partial charge in [-0.25, -0.2) is 4.39 Å². The minimum atomic E-state index is -0.384. The van der Waals surface area contributed by atoms with Crippen LogP contribution in [0.1, 0.15) is 0 Å². The van der Waals surface area contributed by atoms with Gasteiger partial charge >= 0.3 is 0 Å². The summed E-state index contributed by atoms with van der Waals surface area (Å²) in [6.07, 6.45) is 1.40. The molecule has 0 amide bonds. The van der Waals surface area contributed by atoms with Crippen molar-refractivity contribution in [1.29, 1.82) is 0 Å². The van der Waals surface area contributed by atoms with E-state index in [1.165, 1.54) is 24.4 Å². The predicted octanol–water partition coefficient (Wildman–Crippen LogP) is 2.72. The Morgan fingerprint density at radius 3 is 2.79 bits per heavy atom. The van der Waals surface area contributed by atoms with Crippen LogP contribution in [0.5, 0.6) is 0 Å². The van der Waals surface area contributed by atoms with Crippen molar-refractivity contribution in [3.05, 3.63) is 35.2 Å².